The monoisotopic (exact) mass is 284 g/mol. The van der Waals surface area contributed by atoms with Crippen LogP contribution < -0.4 is 5.32 Å². The maximum absolute atomic E-state index is 4.75. The van der Waals surface area contributed by atoms with Gasteiger partial charge in [0, 0.05) is 24.2 Å². The minimum Gasteiger partial charge on any atom is -0.370 e. The van der Waals surface area contributed by atoms with E-state index < -0.39 is 0 Å². The largest absolute Gasteiger partial charge is 0.370 e. The van der Waals surface area contributed by atoms with Crippen LogP contribution in [0.2, 0.25) is 0 Å². The van der Waals surface area contributed by atoms with Crippen LogP contribution in [0.15, 0.2) is 24.4 Å². The molecule has 112 valence electrons. The molecule has 0 bridgehead atoms. The second kappa shape index (κ2) is 6.20. The van der Waals surface area contributed by atoms with Gasteiger partial charge in [0.05, 0.1) is 5.69 Å². The first-order chi connectivity index (χ1) is 9.95. The summed E-state index contributed by atoms with van der Waals surface area (Å²) in [6, 6.07) is 6.07. The molecule has 21 heavy (non-hydrogen) atoms. The van der Waals surface area contributed by atoms with E-state index in [0.717, 1.165) is 30.2 Å². The Morgan fingerprint density at radius 1 is 1.14 bits per heavy atom. The van der Waals surface area contributed by atoms with Gasteiger partial charge in [-0.3, -0.25) is 4.98 Å². The van der Waals surface area contributed by atoms with E-state index in [1.165, 1.54) is 5.56 Å². The molecule has 4 nitrogen and oxygen atoms in total. The lowest BCUT2D eigenvalue weighted by atomic mass is 9.91. The van der Waals surface area contributed by atoms with Crippen molar-refractivity contribution in [2.75, 3.05) is 11.9 Å². The Balaban J connectivity index is 2.59. The molecule has 0 saturated heterocycles. The molecule has 0 fully saturated rings. The van der Waals surface area contributed by atoms with Gasteiger partial charge >= 0.3 is 0 Å². The zero-order valence-corrected chi connectivity index (χ0v) is 13.6. The summed E-state index contributed by atoms with van der Waals surface area (Å²) in [5, 5.41) is 3.29. The normalized spacial score (nSPS) is 11.5. The molecule has 0 unspecified atom stereocenters. The SMILES string of the molecule is CCNc1cc(C(C)(C)C)nc(-c2ncccc2CC)n1. The molecular weight excluding hydrogens is 260 g/mol. The zero-order valence-electron chi connectivity index (χ0n) is 13.6. The van der Waals surface area contributed by atoms with Gasteiger partial charge in [-0.05, 0) is 25.0 Å². The third-order valence-electron chi connectivity index (χ3n) is 3.34. The quantitative estimate of drug-likeness (QED) is 0.927. The van der Waals surface area contributed by atoms with Crippen LogP contribution >= 0.6 is 0 Å². The Hall–Kier alpha value is -1.97. The lowest BCUT2D eigenvalue weighted by Crippen LogP contribution is -2.16. The van der Waals surface area contributed by atoms with Crippen molar-refractivity contribution < 1.29 is 0 Å². The van der Waals surface area contributed by atoms with Gasteiger partial charge < -0.3 is 5.32 Å². The van der Waals surface area contributed by atoms with E-state index in [4.69, 9.17) is 4.98 Å². The Bertz CT molecular complexity index is 614. The van der Waals surface area contributed by atoms with Gasteiger partial charge in [-0.2, -0.15) is 0 Å². The molecule has 2 heterocycles. The van der Waals surface area contributed by atoms with Crippen LogP contribution in [0.3, 0.4) is 0 Å². The molecule has 0 aromatic carbocycles. The standard InChI is InChI=1S/C17H24N4/c1-6-12-9-8-10-19-15(12)16-20-13(17(3,4)5)11-14(21-16)18-7-2/h8-11H,6-7H2,1-5H3,(H,18,20,21). The first-order valence-corrected chi connectivity index (χ1v) is 7.53. The summed E-state index contributed by atoms with van der Waals surface area (Å²) in [5.74, 6) is 1.57. The van der Waals surface area contributed by atoms with Crippen LogP contribution in [0.5, 0.6) is 0 Å². The summed E-state index contributed by atoms with van der Waals surface area (Å²) in [6.45, 7) is 11.5. The average molecular weight is 284 g/mol. The van der Waals surface area contributed by atoms with E-state index in [1.54, 1.807) is 6.20 Å². The van der Waals surface area contributed by atoms with E-state index in [0.29, 0.717) is 5.82 Å². The molecule has 0 amide bonds. The summed E-state index contributed by atoms with van der Waals surface area (Å²) >= 11 is 0. The topological polar surface area (TPSA) is 50.7 Å². The van der Waals surface area contributed by atoms with Gasteiger partial charge in [0.2, 0.25) is 0 Å². The fourth-order valence-corrected chi connectivity index (χ4v) is 2.13. The Kier molecular flexibility index (Phi) is 4.56. The molecule has 0 aliphatic rings. The van der Waals surface area contributed by atoms with E-state index in [2.05, 4.69) is 56.0 Å². The second-order valence-corrected chi connectivity index (χ2v) is 6.11. The highest BCUT2D eigenvalue weighted by molar-refractivity contribution is 5.57. The highest BCUT2D eigenvalue weighted by atomic mass is 15.0. The number of rotatable bonds is 4. The molecule has 0 radical (unpaired) electrons. The van der Waals surface area contributed by atoms with E-state index in [1.807, 2.05) is 12.1 Å². The maximum Gasteiger partial charge on any atom is 0.180 e. The summed E-state index contributed by atoms with van der Waals surface area (Å²) in [6.07, 6.45) is 2.72. The Morgan fingerprint density at radius 2 is 1.90 bits per heavy atom. The van der Waals surface area contributed by atoms with Crippen molar-refractivity contribution in [2.45, 2.75) is 46.5 Å². The van der Waals surface area contributed by atoms with Crippen LogP contribution in [-0.2, 0) is 11.8 Å². The van der Waals surface area contributed by atoms with Crippen molar-refractivity contribution in [3.05, 3.63) is 35.7 Å². The second-order valence-electron chi connectivity index (χ2n) is 6.11. The molecule has 0 aliphatic heterocycles. The van der Waals surface area contributed by atoms with Gasteiger partial charge in [-0.1, -0.05) is 33.8 Å². The number of aromatic nitrogens is 3. The molecule has 1 N–H and O–H groups in total. The minimum atomic E-state index is -0.0248. The number of hydrogen-bond acceptors (Lipinski definition) is 4. The lowest BCUT2D eigenvalue weighted by molar-refractivity contribution is 0.568. The molecule has 2 aromatic rings. The van der Waals surface area contributed by atoms with Crippen molar-refractivity contribution in [1.29, 1.82) is 0 Å². The van der Waals surface area contributed by atoms with Crippen molar-refractivity contribution in [2.24, 2.45) is 0 Å². The summed E-state index contributed by atoms with van der Waals surface area (Å²) in [4.78, 5) is 13.9. The van der Waals surface area contributed by atoms with Gasteiger partial charge in [0.25, 0.3) is 0 Å². The van der Waals surface area contributed by atoms with Gasteiger partial charge in [0.1, 0.15) is 11.5 Å². The maximum atomic E-state index is 4.75. The first-order valence-electron chi connectivity index (χ1n) is 7.53. The zero-order chi connectivity index (χ0) is 15.5. The number of nitrogens with zero attached hydrogens (tertiary/aromatic N) is 3. The third-order valence-corrected chi connectivity index (χ3v) is 3.34. The van der Waals surface area contributed by atoms with E-state index in [-0.39, 0.29) is 5.41 Å². The molecule has 2 aromatic heterocycles. The summed E-state index contributed by atoms with van der Waals surface area (Å²) in [7, 11) is 0. The fourth-order valence-electron chi connectivity index (χ4n) is 2.13. The Labute approximate surface area is 127 Å². The van der Waals surface area contributed by atoms with Gasteiger partial charge in [-0.25, -0.2) is 9.97 Å². The van der Waals surface area contributed by atoms with Crippen LogP contribution in [0.1, 0.15) is 45.9 Å². The minimum absolute atomic E-state index is 0.0248. The average Bonchev–Trinajstić information content (AvgIpc) is 2.46. The number of anilines is 1. The predicted molar refractivity (Wildman–Crippen MR) is 87.5 cm³/mol. The van der Waals surface area contributed by atoms with Crippen molar-refractivity contribution in [1.82, 2.24) is 15.0 Å². The highest BCUT2D eigenvalue weighted by Crippen LogP contribution is 2.26. The Morgan fingerprint density at radius 3 is 2.52 bits per heavy atom. The first kappa shape index (κ1) is 15.4. The molecule has 2 rings (SSSR count). The number of pyridine rings is 1. The highest BCUT2D eigenvalue weighted by Gasteiger charge is 2.19. The number of aryl methyl sites for hydroxylation is 1. The van der Waals surface area contributed by atoms with Crippen LogP contribution in [0, 0.1) is 0 Å². The molecule has 0 aliphatic carbocycles. The van der Waals surface area contributed by atoms with Gasteiger partial charge in [0.15, 0.2) is 5.82 Å². The molecule has 4 heteroatoms. The number of nitrogens with one attached hydrogen (secondary N) is 1. The van der Waals surface area contributed by atoms with Crippen molar-refractivity contribution in [3.8, 4) is 11.5 Å². The van der Waals surface area contributed by atoms with E-state index in [9.17, 15) is 0 Å². The van der Waals surface area contributed by atoms with Crippen LogP contribution in [-0.4, -0.2) is 21.5 Å². The van der Waals surface area contributed by atoms with Crippen molar-refractivity contribution >= 4 is 5.82 Å². The summed E-state index contributed by atoms with van der Waals surface area (Å²) < 4.78 is 0. The van der Waals surface area contributed by atoms with Gasteiger partial charge in [-0.15, -0.1) is 0 Å². The molecule has 0 spiro atoms. The predicted octanol–water partition coefficient (Wildman–Crippen LogP) is 3.83. The van der Waals surface area contributed by atoms with Crippen LogP contribution in [0.4, 0.5) is 5.82 Å². The smallest absolute Gasteiger partial charge is 0.180 e. The fraction of sp³-hybridized carbons (Fsp3) is 0.471. The summed E-state index contributed by atoms with van der Waals surface area (Å²) in [5.41, 5.74) is 3.05. The van der Waals surface area contributed by atoms with E-state index >= 15 is 0 Å². The number of hydrogen-bond donors (Lipinski definition) is 1. The lowest BCUT2D eigenvalue weighted by Gasteiger charge is -2.20. The molecule has 0 atom stereocenters. The third kappa shape index (κ3) is 3.57. The van der Waals surface area contributed by atoms with Crippen LogP contribution in [0.25, 0.3) is 11.5 Å². The molecule has 0 saturated carbocycles. The van der Waals surface area contributed by atoms with Crippen molar-refractivity contribution in [3.63, 3.8) is 0 Å². The molecular formula is C17H24N4.